The molecule has 0 heterocycles. The van der Waals surface area contributed by atoms with E-state index in [1.807, 2.05) is 0 Å². The number of rotatable bonds is 22. The maximum Gasteiger partial charge on any atom is 0.305 e. The SMILES string of the molecule is CCCCCCC(CCCC)COC(=O)CCCCCCC(=O)OCC(CBr)COC. The number of carbonyl (C=O) groups is 2. The summed E-state index contributed by atoms with van der Waals surface area (Å²) in [5.41, 5.74) is 0. The molecule has 0 aliphatic rings. The first-order valence-electron chi connectivity index (χ1n) is 12.4. The highest BCUT2D eigenvalue weighted by atomic mass is 79.9. The van der Waals surface area contributed by atoms with Gasteiger partial charge in [0.25, 0.3) is 0 Å². The van der Waals surface area contributed by atoms with Gasteiger partial charge >= 0.3 is 11.9 Å². The van der Waals surface area contributed by atoms with Crippen LogP contribution < -0.4 is 0 Å². The van der Waals surface area contributed by atoms with E-state index in [4.69, 9.17) is 14.2 Å². The predicted molar refractivity (Wildman–Crippen MR) is 131 cm³/mol. The van der Waals surface area contributed by atoms with E-state index in [1.165, 1.54) is 44.9 Å². The topological polar surface area (TPSA) is 61.8 Å². The van der Waals surface area contributed by atoms with Crippen LogP contribution in [0.4, 0.5) is 0 Å². The van der Waals surface area contributed by atoms with E-state index in [0.717, 1.165) is 37.4 Å². The second-order valence-corrected chi connectivity index (χ2v) is 9.26. The number of methoxy groups -OCH3 is 1. The number of unbranched alkanes of at least 4 members (excludes halogenated alkanes) is 7. The minimum atomic E-state index is -0.154. The Bertz CT molecular complexity index is 430. The fourth-order valence-electron chi connectivity index (χ4n) is 3.49. The minimum absolute atomic E-state index is 0.0755. The van der Waals surface area contributed by atoms with E-state index >= 15 is 0 Å². The standard InChI is InChI=1S/C25H47BrO5/c1-4-6-8-11-15-22(14-7-5-2)20-30-24(27)16-12-9-10-13-17-25(28)31-21-23(18-26)19-29-3/h22-23H,4-21H2,1-3H3. The van der Waals surface area contributed by atoms with Gasteiger partial charge in [0, 0.05) is 31.2 Å². The first kappa shape index (κ1) is 30.4. The fraction of sp³-hybridized carbons (Fsp3) is 0.920. The highest BCUT2D eigenvalue weighted by molar-refractivity contribution is 9.09. The molecule has 0 rings (SSSR count). The third kappa shape index (κ3) is 19.8. The van der Waals surface area contributed by atoms with Crippen LogP contribution in [0.15, 0.2) is 0 Å². The van der Waals surface area contributed by atoms with Crippen LogP contribution in [-0.4, -0.2) is 44.2 Å². The molecule has 0 aromatic rings. The molecule has 0 aromatic carbocycles. The normalized spacial score (nSPS) is 13.0. The van der Waals surface area contributed by atoms with Gasteiger partial charge < -0.3 is 14.2 Å². The zero-order valence-electron chi connectivity index (χ0n) is 20.3. The van der Waals surface area contributed by atoms with Crippen LogP contribution in [0.5, 0.6) is 0 Å². The number of hydrogen-bond acceptors (Lipinski definition) is 5. The number of halogens is 1. The second-order valence-electron chi connectivity index (χ2n) is 8.61. The van der Waals surface area contributed by atoms with Crippen LogP contribution in [0.3, 0.4) is 0 Å². The molecule has 0 amide bonds. The Morgan fingerprint density at radius 3 is 1.71 bits per heavy atom. The third-order valence-electron chi connectivity index (χ3n) is 5.52. The molecule has 2 unspecified atom stereocenters. The van der Waals surface area contributed by atoms with Crippen LogP contribution in [0, 0.1) is 11.8 Å². The molecular formula is C25H47BrO5. The number of esters is 2. The molecule has 0 bridgehead atoms. The molecular weight excluding hydrogens is 460 g/mol. The van der Waals surface area contributed by atoms with Gasteiger partial charge in [0.05, 0.1) is 19.8 Å². The van der Waals surface area contributed by atoms with Gasteiger partial charge in [-0.2, -0.15) is 0 Å². The van der Waals surface area contributed by atoms with Crippen LogP contribution in [0.1, 0.15) is 104 Å². The molecule has 0 aliphatic heterocycles. The first-order valence-corrected chi connectivity index (χ1v) is 13.6. The van der Waals surface area contributed by atoms with Gasteiger partial charge in [-0.3, -0.25) is 9.59 Å². The summed E-state index contributed by atoms with van der Waals surface area (Å²) < 4.78 is 15.9. The summed E-state index contributed by atoms with van der Waals surface area (Å²) in [4.78, 5) is 23.9. The molecule has 0 aromatic heterocycles. The molecule has 0 saturated heterocycles. The number of hydrogen-bond donors (Lipinski definition) is 0. The smallest absolute Gasteiger partial charge is 0.305 e. The van der Waals surface area contributed by atoms with Crippen molar-refractivity contribution >= 4 is 27.9 Å². The molecule has 31 heavy (non-hydrogen) atoms. The quantitative estimate of drug-likeness (QED) is 0.0911. The summed E-state index contributed by atoms with van der Waals surface area (Å²) in [6.45, 7) is 5.98. The van der Waals surface area contributed by atoms with Crippen molar-refractivity contribution in [3.63, 3.8) is 0 Å². The number of ether oxygens (including phenoxy) is 3. The molecule has 0 radical (unpaired) electrons. The lowest BCUT2D eigenvalue weighted by Gasteiger charge is -2.16. The van der Waals surface area contributed by atoms with Crippen molar-refractivity contribution in [3.05, 3.63) is 0 Å². The van der Waals surface area contributed by atoms with E-state index < -0.39 is 0 Å². The molecule has 6 heteroatoms. The molecule has 5 nitrogen and oxygen atoms in total. The maximum atomic E-state index is 12.1. The van der Waals surface area contributed by atoms with Crippen LogP contribution in [0.25, 0.3) is 0 Å². The zero-order valence-corrected chi connectivity index (χ0v) is 21.9. The molecule has 2 atom stereocenters. The Kier molecular flexibility index (Phi) is 22.1. The van der Waals surface area contributed by atoms with Crippen LogP contribution in [-0.2, 0) is 23.8 Å². The van der Waals surface area contributed by atoms with E-state index in [1.54, 1.807) is 7.11 Å². The van der Waals surface area contributed by atoms with Crippen molar-refractivity contribution in [2.24, 2.45) is 11.8 Å². The van der Waals surface area contributed by atoms with E-state index in [2.05, 4.69) is 29.8 Å². The number of carbonyl (C=O) groups excluding carboxylic acids is 2. The Labute approximate surface area is 199 Å². The lowest BCUT2D eigenvalue weighted by Crippen LogP contribution is -2.19. The van der Waals surface area contributed by atoms with Crippen LogP contribution in [0.2, 0.25) is 0 Å². The highest BCUT2D eigenvalue weighted by Crippen LogP contribution is 2.18. The summed E-state index contributed by atoms with van der Waals surface area (Å²) in [5, 5.41) is 0.752. The van der Waals surface area contributed by atoms with Gasteiger partial charge in [0.2, 0.25) is 0 Å². The Morgan fingerprint density at radius 2 is 1.19 bits per heavy atom. The number of alkyl halides is 1. The average molecular weight is 508 g/mol. The minimum Gasteiger partial charge on any atom is -0.465 e. The third-order valence-corrected chi connectivity index (χ3v) is 6.44. The van der Waals surface area contributed by atoms with Crippen LogP contribution >= 0.6 is 15.9 Å². The Morgan fingerprint density at radius 1 is 0.677 bits per heavy atom. The fourth-order valence-corrected chi connectivity index (χ4v) is 3.87. The molecule has 0 aliphatic carbocycles. The molecule has 0 saturated carbocycles. The summed E-state index contributed by atoms with van der Waals surface area (Å²) in [6, 6.07) is 0. The van der Waals surface area contributed by atoms with Crippen molar-refractivity contribution in [3.8, 4) is 0 Å². The summed E-state index contributed by atoms with van der Waals surface area (Å²) in [5.74, 6) is 0.476. The van der Waals surface area contributed by atoms with Crippen molar-refractivity contribution < 1.29 is 23.8 Å². The summed E-state index contributed by atoms with van der Waals surface area (Å²) in [7, 11) is 1.65. The van der Waals surface area contributed by atoms with Crippen molar-refractivity contribution in [1.82, 2.24) is 0 Å². The lowest BCUT2D eigenvalue weighted by molar-refractivity contribution is -0.146. The lowest BCUT2D eigenvalue weighted by atomic mass is 9.96. The Balaban J connectivity index is 3.79. The summed E-state index contributed by atoms with van der Waals surface area (Å²) in [6.07, 6.45) is 14.2. The average Bonchev–Trinajstić information content (AvgIpc) is 2.77. The van der Waals surface area contributed by atoms with Crippen molar-refractivity contribution in [1.29, 1.82) is 0 Å². The van der Waals surface area contributed by atoms with Gasteiger partial charge in [-0.1, -0.05) is 81.1 Å². The van der Waals surface area contributed by atoms with Crippen molar-refractivity contribution in [2.75, 3.05) is 32.3 Å². The zero-order chi connectivity index (χ0) is 23.2. The van der Waals surface area contributed by atoms with Gasteiger partial charge in [-0.05, 0) is 31.6 Å². The molecule has 0 fully saturated rings. The van der Waals surface area contributed by atoms with E-state index in [0.29, 0.717) is 38.6 Å². The molecule has 184 valence electrons. The van der Waals surface area contributed by atoms with Crippen molar-refractivity contribution in [2.45, 2.75) is 104 Å². The monoisotopic (exact) mass is 506 g/mol. The van der Waals surface area contributed by atoms with Gasteiger partial charge in [-0.15, -0.1) is 0 Å². The van der Waals surface area contributed by atoms with Gasteiger partial charge in [0.15, 0.2) is 0 Å². The summed E-state index contributed by atoms with van der Waals surface area (Å²) >= 11 is 3.40. The maximum absolute atomic E-state index is 12.1. The Hall–Kier alpha value is -0.620. The van der Waals surface area contributed by atoms with Gasteiger partial charge in [0.1, 0.15) is 0 Å². The molecule has 0 N–H and O–H groups in total. The largest absolute Gasteiger partial charge is 0.465 e. The van der Waals surface area contributed by atoms with E-state index in [9.17, 15) is 9.59 Å². The predicted octanol–water partition coefficient (Wildman–Crippen LogP) is 6.85. The van der Waals surface area contributed by atoms with E-state index in [-0.39, 0.29) is 17.9 Å². The second kappa shape index (κ2) is 22.6. The molecule has 0 spiro atoms. The van der Waals surface area contributed by atoms with Gasteiger partial charge in [-0.25, -0.2) is 0 Å². The first-order chi connectivity index (χ1) is 15.1. The highest BCUT2D eigenvalue weighted by Gasteiger charge is 2.13.